The first-order valence-corrected chi connectivity index (χ1v) is 6.46. The molecule has 0 aliphatic rings. The molecule has 20 heavy (non-hydrogen) atoms. The SMILES string of the molecule is COc1ccc(Cl)c(NC(=O)CC(C)(C)CC(=O)O)c1. The van der Waals surface area contributed by atoms with E-state index in [9.17, 15) is 9.59 Å². The van der Waals surface area contributed by atoms with Gasteiger partial charge in [-0.1, -0.05) is 25.4 Å². The average Bonchev–Trinajstić information content (AvgIpc) is 2.29. The molecule has 0 atom stereocenters. The summed E-state index contributed by atoms with van der Waals surface area (Å²) in [4.78, 5) is 22.7. The number of benzene rings is 1. The summed E-state index contributed by atoms with van der Waals surface area (Å²) in [6.07, 6.45) is 0.0130. The van der Waals surface area contributed by atoms with E-state index >= 15 is 0 Å². The fourth-order valence-electron chi connectivity index (χ4n) is 1.83. The minimum atomic E-state index is -0.929. The molecule has 5 nitrogen and oxygen atoms in total. The van der Waals surface area contributed by atoms with Crippen molar-refractivity contribution >= 4 is 29.2 Å². The number of carboxylic acids is 1. The van der Waals surface area contributed by atoms with Gasteiger partial charge in [0.2, 0.25) is 5.91 Å². The van der Waals surface area contributed by atoms with Gasteiger partial charge in [-0.2, -0.15) is 0 Å². The largest absolute Gasteiger partial charge is 0.497 e. The normalized spacial score (nSPS) is 11.0. The van der Waals surface area contributed by atoms with Crippen molar-refractivity contribution in [2.24, 2.45) is 5.41 Å². The molecule has 0 radical (unpaired) electrons. The number of halogens is 1. The standard InChI is InChI=1S/C14H18ClNO4/c1-14(2,8-13(18)19)7-12(17)16-11-6-9(20-3)4-5-10(11)15/h4-6H,7-8H2,1-3H3,(H,16,17)(H,18,19). The number of carboxylic acid groups (broad SMARTS) is 1. The van der Waals surface area contributed by atoms with Crippen LogP contribution in [-0.4, -0.2) is 24.1 Å². The second-order valence-electron chi connectivity index (χ2n) is 5.31. The second-order valence-corrected chi connectivity index (χ2v) is 5.71. The quantitative estimate of drug-likeness (QED) is 0.846. The lowest BCUT2D eigenvalue weighted by Crippen LogP contribution is -2.24. The van der Waals surface area contributed by atoms with E-state index in [0.717, 1.165) is 0 Å². The summed E-state index contributed by atoms with van der Waals surface area (Å²) in [6, 6.07) is 4.93. The Bertz CT molecular complexity index is 514. The zero-order chi connectivity index (χ0) is 15.3. The molecule has 0 aliphatic carbocycles. The van der Waals surface area contributed by atoms with Gasteiger partial charge in [-0.25, -0.2) is 0 Å². The van der Waals surface area contributed by atoms with Gasteiger partial charge in [-0.3, -0.25) is 9.59 Å². The molecular formula is C14H18ClNO4. The highest BCUT2D eigenvalue weighted by Gasteiger charge is 2.25. The lowest BCUT2D eigenvalue weighted by molar-refractivity contribution is -0.139. The molecule has 1 amide bonds. The minimum absolute atomic E-state index is 0.0771. The first-order chi connectivity index (χ1) is 9.23. The van der Waals surface area contributed by atoms with Crippen LogP contribution in [0.25, 0.3) is 0 Å². The number of rotatable bonds is 6. The molecular weight excluding hydrogens is 282 g/mol. The Balaban J connectivity index is 2.73. The molecule has 0 aromatic heterocycles. The number of carbonyl (C=O) groups is 2. The molecule has 110 valence electrons. The van der Waals surface area contributed by atoms with E-state index in [4.69, 9.17) is 21.4 Å². The lowest BCUT2D eigenvalue weighted by Gasteiger charge is -2.21. The third-order valence-corrected chi connectivity index (χ3v) is 3.05. The van der Waals surface area contributed by atoms with E-state index in [-0.39, 0.29) is 18.7 Å². The second kappa shape index (κ2) is 6.61. The van der Waals surface area contributed by atoms with E-state index in [1.807, 2.05) is 0 Å². The molecule has 0 aliphatic heterocycles. The van der Waals surface area contributed by atoms with Crippen molar-refractivity contribution in [2.45, 2.75) is 26.7 Å². The van der Waals surface area contributed by atoms with Crippen LogP contribution in [-0.2, 0) is 9.59 Å². The molecule has 0 bridgehead atoms. The zero-order valence-corrected chi connectivity index (χ0v) is 12.5. The van der Waals surface area contributed by atoms with Crippen LogP contribution >= 0.6 is 11.6 Å². The number of aliphatic carboxylic acids is 1. The van der Waals surface area contributed by atoms with Gasteiger partial charge >= 0.3 is 5.97 Å². The number of methoxy groups -OCH3 is 1. The monoisotopic (exact) mass is 299 g/mol. The first-order valence-electron chi connectivity index (χ1n) is 6.09. The predicted molar refractivity (Wildman–Crippen MR) is 77.3 cm³/mol. The van der Waals surface area contributed by atoms with Crippen molar-refractivity contribution < 1.29 is 19.4 Å². The number of hydrogen-bond donors (Lipinski definition) is 2. The Morgan fingerprint density at radius 1 is 1.35 bits per heavy atom. The zero-order valence-electron chi connectivity index (χ0n) is 11.7. The van der Waals surface area contributed by atoms with Crippen molar-refractivity contribution in [3.8, 4) is 5.75 Å². The van der Waals surface area contributed by atoms with Crippen LogP contribution in [0.4, 0.5) is 5.69 Å². The van der Waals surface area contributed by atoms with E-state index in [2.05, 4.69) is 5.32 Å². The van der Waals surface area contributed by atoms with Gasteiger partial charge in [-0.05, 0) is 17.5 Å². The molecule has 0 unspecified atom stereocenters. The van der Waals surface area contributed by atoms with Gasteiger partial charge in [0.15, 0.2) is 0 Å². The Morgan fingerprint density at radius 3 is 2.55 bits per heavy atom. The Hall–Kier alpha value is -1.75. The molecule has 0 fully saturated rings. The van der Waals surface area contributed by atoms with Crippen molar-refractivity contribution in [2.75, 3.05) is 12.4 Å². The average molecular weight is 300 g/mol. The molecule has 1 aromatic carbocycles. The summed E-state index contributed by atoms with van der Waals surface area (Å²) in [5.41, 5.74) is -0.177. The maximum absolute atomic E-state index is 12.0. The van der Waals surface area contributed by atoms with Crippen molar-refractivity contribution in [1.82, 2.24) is 0 Å². The van der Waals surface area contributed by atoms with Gasteiger partial charge in [-0.15, -0.1) is 0 Å². The fourth-order valence-corrected chi connectivity index (χ4v) is 1.99. The first kappa shape index (κ1) is 16.3. The molecule has 1 aromatic rings. The van der Waals surface area contributed by atoms with Crippen LogP contribution in [0.15, 0.2) is 18.2 Å². The maximum atomic E-state index is 12.0. The third kappa shape index (κ3) is 5.09. The van der Waals surface area contributed by atoms with Crippen molar-refractivity contribution in [3.63, 3.8) is 0 Å². The van der Waals surface area contributed by atoms with Crippen LogP contribution in [0.2, 0.25) is 5.02 Å². The van der Waals surface area contributed by atoms with Gasteiger partial charge < -0.3 is 15.2 Å². The van der Waals surface area contributed by atoms with Crippen molar-refractivity contribution in [1.29, 1.82) is 0 Å². The predicted octanol–water partition coefficient (Wildman–Crippen LogP) is 3.18. The minimum Gasteiger partial charge on any atom is -0.497 e. The van der Waals surface area contributed by atoms with Crippen molar-refractivity contribution in [3.05, 3.63) is 23.2 Å². The number of anilines is 1. The summed E-state index contributed by atoms with van der Waals surface area (Å²) in [5.74, 6) is -0.636. The van der Waals surface area contributed by atoms with Gasteiger partial charge in [0.25, 0.3) is 0 Å². The molecule has 0 saturated carbocycles. The summed E-state index contributed by atoms with van der Waals surface area (Å²) in [6.45, 7) is 3.46. The Morgan fingerprint density at radius 2 is 2.00 bits per heavy atom. The highest BCUT2D eigenvalue weighted by atomic mass is 35.5. The molecule has 0 heterocycles. The summed E-state index contributed by atoms with van der Waals surface area (Å²) >= 11 is 5.99. The van der Waals surface area contributed by atoms with Crippen LogP contribution < -0.4 is 10.1 Å². The molecule has 0 saturated heterocycles. The molecule has 2 N–H and O–H groups in total. The maximum Gasteiger partial charge on any atom is 0.303 e. The van der Waals surface area contributed by atoms with E-state index in [1.165, 1.54) is 7.11 Å². The van der Waals surface area contributed by atoms with E-state index < -0.39 is 11.4 Å². The van der Waals surface area contributed by atoms with Crippen LogP contribution in [0.3, 0.4) is 0 Å². The topological polar surface area (TPSA) is 75.6 Å². The van der Waals surface area contributed by atoms with Crippen LogP contribution in [0, 0.1) is 5.41 Å². The highest BCUT2D eigenvalue weighted by molar-refractivity contribution is 6.33. The highest BCUT2D eigenvalue weighted by Crippen LogP contribution is 2.29. The smallest absolute Gasteiger partial charge is 0.303 e. The third-order valence-electron chi connectivity index (χ3n) is 2.72. The molecule has 0 spiro atoms. The number of nitrogens with one attached hydrogen (secondary N) is 1. The number of amides is 1. The van der Waals surface area contributed by atoms with Gasteiger partial charge in [0.05, 0.1) is 24.2 Å². The number of hydrogen-bond acceptors (Lipinski definition) is 3. The van der Waals surface area contributed by atoms with Gasteiger partial charge in [0, 0.05) is 12.5 Å². The van der Waals surface area contributed by atoms with Crippen LogP contribution in [0.5, 0.6) is 5.75 Å². The number of ether oxygens (including phenoxy) is 1. The fraction of sp³-hybridized carbons (Fsp3) is 0.429. The number of carbonyl (C=O) groups excluding carboxylic acids is 1. The van der Waals surface area contributed by atoms with E-state index in [1.54, 1.807) is 32.0 Å². The van der Waals surface area contributed by atoms with Crippen LogP contribution in [0.1, 0.15) is 26.7 Å². The summed E-state index contributed by atoms with van der Waals surface area (Å²) in [7, 11) is 1.52. The molecule has 1 rings (SSSR count). The summed E-state index contributed by atoms with van der Waals surface area (Å²) in [5, 5.41) is 11.9. The lowest BCUT2D eigenvalue weighted by atomic mass is 9.85. The summed E-state index contributed by atoms with van der Waals surface area (Å²) < 4.78 is 5.06. The van der Waals surface area contributed by atoms with E-state index in [0.29, 0.717) is 16.5 Å². The molecule has 6 heteroatoms. The Kier molecular flexibility index (Phi) is 5.39. The Labute approximate surface area is 122 Å². The van der Waals surface area contributed by atoms with Gasteiger partial charge in [0.1, 0.15) is 5.75 Å².